The van der Waals surface area contributed by atoms with Gasteiger partial charge in [0, 0.05) is 117 Å². The molecule has 4 amide bonds. The number of amides is 4. The van der Waals surface area contributed by atoms with Gasteiger partial charge in [-0.25, -0.2) is 4.98 Å². The van der Waals surface area contributed by atoms with Crippen LogP contribution in [0.15, 0.2) is 248 Å². The van der Waals surface area contributed by atoms with Gasteiger partial charge in [0.25, 0.3) is 0 Å². The van der Waals surface area contributed by atoms with E-state index in [4.69, 9.17) is 87.5 Å². The maximum atomic E-state index is 13.0. The van der Waals surface area contributed by atoms with E-state index in [1.165, 1.54) is 44.0 Å². The molecule has 4 aromatic heterocycles. The Hall–Kier alpha value is -13.7. The number of aromatic nitrogens is 4. The minimum atomic E-state index is -4.61. The number of rotatable bonds is 35. The summed E-state index contributed by atoms with van der Waals surface area (Å²) in [6.07, 6.45) is -10.4. The van der Waals surface area contributed by atoms with Crippen LogP contribution >= 0.6 is 58.8 Å². The quantitative estimate of drug-likeness (QED) is 0.00339. The largest absolute Gasteiger partial charge is 0.457 e. The minimum Gasteiger partial charge on any atom is -0.457 e. The van der Waals surface area contributed by atoms with E-state index in [2.05, 4.69) is 65.9 Å². The summed E-state index contributed by atoms with van der Waals surface area (Å²) in [5.74, 6) is 3.47. The average molecular weight is 2100 g/mol. The second-order valence-corrected chi connectivity index (χ2v) is 31.5. The van der Waals surface area contributed by atoms with Crippen molar-refractivity contribution in [3.63, 3.8) is 0 Å². The molecule has 0 aliphatic rings. The number of aliphatic imine (C=N–C) groups is 1. The molecule has 0 aliphatic carbocycles. The molecule has 0 spiro atoms. The Bertz CT molecular complexity index is 6320. The SMILES string of the molecule is CB(O)NCc1cc(Oc2cccc(CCC(=O)Nc3ccc(Cl)c(C(F)(F)F)c3)c2)ccn1.CC(N)=NCc1cc(Oc2cccc(CCC(=O)Nc3ccc(Cl)c(C(F)(F)F)c3)c2)ccn1.CCOC(C)=N.C[B]OOCB=O.Cl.N#Cc1cc(Oc2cccc(CCC(=O)Nc3ccc(Cl)c(C(F)(F)F)c3)c2)ccn1.NCc1cc(Oc2cccc(CCC(=O)Nc3ccc(Cl)c(C(F)(F)F)c3)c2)ccn1. The Morgan fingerprint density at radius 2 is 0.778 bits per heavy atom. The van der Waals surface area contributed by atoms with Crippen LogP contribution < -0.4 is 56.9 Å². The molecule has 0 fully saturated rings. The van der Waals surface area contributed by atoms with Crippen molar-refractivity contribution in [1.29, 1.82) is 10.7 Å². The molecule has 0 bridgehead atoms. The number of carbonyl (C=O) groups excluding carboxylic acids is 4. The van der Waals surface area contributed by atoms with Crippen molar-refractivity contribution in [2.45, 2.75) is 130 Å². The summed E-state index contributed by atoms with van der Waals surface area (Å²) < 4.78 is 193. The summed E-state index contributed by atoms with van der Waals surface area (Å²) in [6.45, 7) is 10.0. The van der Waals surface area contributed by atoms with E-state index in [0.29, 0.717) is 128 Å². The van der Waals surface area contributed by atoms with E-state index >= 15 is 0 Å². The van der Waals surface area contributed by atoms with Crippen LogP contribution in [0.1, 0.15) is 114 Å². The molecule has 0 aliphatic heterocycles. The van der Waals surface area contributed by atoms with Crippen molar-refractivity contribution in [3.8, 4) is 52.1 Å². The number of nitrogens with two attached hydrogens (primary N) is 2. The van der Waals surface area contributed by atoms with Gasteiger partial charge in [-0.05, 0) is 214 Å². The van der Waals surface area contributed by atoms with Crippen LogP contribution in [0.3, 0.4) is 0 Å². The van der Waals surface area contributed by atoms with Gasteiger partial charge in [0.15, 0.2) is 5.90 Å². The molecule has 12 rings (SSSR count). The van der Waals surface area contributed by atoms with Crippen LogP contribution in [-0.2, 0) is 108 Å². The summed E-state index contributed by atoms with van der Waals surface area (Å²) in [7, 11) is 1.30. The summed E-state index contributed by atoms with van der Waals surface area (Å²) in [6, 6.07) is 56.9. The number of nitrogens with zero attached hydrogens (tertiary/aromatic N) is 6. The van der Waals surface area contributed by atoms with Gasteiger partial charge in [-0.15, -0.1) is 12.4 Å². The number of alkyl halides is 12. The number of pyridine rings is 4. The van der Waals surface area contributed by atoms with Crippen LogP contribution in [-0.4, -0.2) is 95.1 Å². The molecule has 4 heterocycles. The summed E-state index contributed by atoms with van der Waals surface area (Å²) >= 11 is 22.4. The summed E-state index contributed by atoms with van der Waals surface area (Å²) in [5.41, 5.74) is 12.8. The Kier molecular flexibility index (Phi) is 49.6. The number of anilines is 4. The standard InChI is InChI=1S/C24H22ClF3N4O2.C23H22BClF3N3O3.C22H19ClF3N3O2.C22H15ClF3N3O2.C4H9NO.C2H5B2O3.ClH/c1-15(29)31-14-18-12-20(9-10-30-18)34-19-4-2-3-16(11-19)5-8-23(33)32-17-6-7-22(25)21(13-17)24(26,27)28;1-24(33)30-14-17-12-19(9-10-29-17)34-18-4-2-3-15(11-18)5-8-22(32)31-16-6-7-21(25)20(13-16)23(26,27)28;2*23-20-6-5-15(12-19(20)22(24,25)26)29-21(30)7-4-14-2-1-3-17(10-14)31-18-8-9-28-16(11-18)13-27;1-3-6-4(2)5;1-3-7-6-2-4-5;/h2-4,6-7,9-13H,5,8,14H2,1H3,(H2,29,31)(H,32,33);2-4,6-7,9-13,30,33H,5,8,14H2,1H3,(H,31,32);1-3,5-6,8-12H,4,7,13,27H2,(H,29,30);1-3,5-6,8-12H,4,7H2,(H,29,30);5H,3H2,1-2H3;2H2,1H3;1H. The summed E-state index contributed by atoms with van der Waals surface area (Å²) in [4.78, 5) is 77.9. The Morgan fingerprint density at radius 3 is 1.06 bits per heavy atom. The number of nitrogens with one attached hydrogen (secondary N) is 6. The number of carbonyl (C=O) groups is 4. The zero-order chi connectivity index (χ0) is 105. The summed E-state index contributed by atoms with van der Waals surface area (Å²) in [5, 5.41) is 35.9. The smallest absolute Gasteiger partial charge is 0.417 e. The molecule has 0 unspecified atom stereocenters. The first-order valence-corrected chi connectivity index (χ1v) is 44.4. The molecule has 12 aromatic rings. The second-order valence-electron chi connectivity index (χ2n) is 29.9. The van der Waals surface area contributed by atoms with Crippen LogP contribution in [0, 0.1) is 16.7 Å². The van der Waals surface area contributed by atoms with Crippen molar-refractivity contribution in [1.82, 2.24) is 25.2 Å². The number of benzene rings is 8. The van der Waals surface area contributed by atoms with E-state index in [-0.39, 0.29) is 78.9 Å². The van der Waals surface area contributed by atoms with E-state index in [1.807, 2.05) is 31.2 Å². The van der Waals surface area contributed by atoms with E-state index < -0.39 is 97.7 Å². The topological polar surface area (TPSA) is 394 Å². The van der Waals surface area contributed by atoms with Gasteiger partial charge in [0.1, 0.15) is 57.8 Å². The van der Waals surface area contributed by atoms with Gasteiger partial charge in [0.2, 0.25) is 23.6 Å². The fourth-order valence-electron chi connectivity index (χ4n) is 12.0. The number of hydrogen-bond acceptors (Lipinski definition) is 22. The fraction of sp³-hybridized carbons (Fsp3) is 0.227. The molecule has 8 aromatic carbocycles. The zero-order valence-corrected chi connectivity index (χ0v) is 81.0. The van der Waals surface area contributed by atoms with Gasteiger partial charge in [-0.3, -0.25) is 44.5 Å². The van der Waals surface area contributed by atoms with Gasteiger partial charge in [-0.2, -0.15) is 57.9 Å². The first kappa shape index (κ1) is 119. The van der Waals surface area contributed by atoms with E-state index in [0.717, 1.165) is 70.8 Å². The van der Waals surface area contributed by atoms with Gasteiger partial charge < -0.3 is 66.7 Å². The van der Waals surface area contributed by atoms with Crippen molar-refractivity contribution in [2.75, 3.05) is 34.4 Å². The van der Waals surface area contributed by atoms with Crippen molar-refractivity contribution in [2.24, 2.45) is 16.5 Å². The average Bonchev–Trinajstić information content (AvgIpc) is 0.825. The molecule has 144 heavy (non-hydrogen) atoms. The van der Waals surface area contributed by atoms with Crippen molar-refractivity contribution >= 4 is 139 Å². The predicted octanol–water partition coefficient (Wildman–Crippen LogP) is 23.9. The third-order valence-corrected chi connectivity index (χ3v) is 19.8. The molecule has 0 saturated carbocycles. The Labute approximate surface area is 848 Å². The Balaban J connectivity index is 0.000000281. The maximum Gasteiger partial charge on any atom is 0.417 e. The van der Waals surface area contributed by atoms with Crippen LogP contribution in [0.2, 0.25) is 33.7 Å². The third kappa shape index (κ3) is 44.8. The second kappa shape index (κ2) is 60.0. The Morgan fingerprint density at radius 1 is 0.472 bits per heavy atom. The van der Waals surface area contributed by atoms with Gasteiger partial charge in [-0.1, -0.05) is 94.9 Å². The number of amidine groups is 1. The first-order valence-electron chi connectivity index (χ1n) is 42.9. The molecular formula is C97H93B3Cl5F12N14O13. The normalized spacial score (nSPS) is 10.9. The molecule has 757 valence electrons. The van der Waals surface area contributed by atoms with Gasteiger partial charge >= 0.3 is 74.1 Å². The zero-order valence-electron chi connectivity index (χ0n) is 77.2. The molecule has 0 atom stereocenters. The number of aryl methyl sites for hydroxylation is 4. The third-order valence-electron chi connectivity index (χ3n) is 18.5. The van der Waals surface area contributed by atoms with Crippen LogP contribution in [0.25, 0.3) is 0 Å². The van der Waals surface area contributed by atoms with E-state index in [1.54, 1.807) is 167 Å². The number of nitriles is 1. The van der Waals surface area contributed by atoms with Crippen molar-refractivity contribution in [3.05, 3.63) is 331 Å². The monoisotopic (exact) mass is 2100 g/mol. The molecular weight excluding hydrogens is 2010 g/mol. The minimum absolute atomic E-state index is 0. The van der Waals surface area contributed by atoms with Crippen LogP contribution in [0.4, 0.5) is 75.4 Å². The molecule has 1 radical (unpaired) electrons. The van der Waals surface area contributed by atoms with Crippen molar-refractivity contribution < 1.29 is 115 Å². The van der Waals surface area contributed by atoms with Crippen LogP contribution in [0.5, 0.6) is 46.0 Å². The maximum absolute atomic E-state index is 13.0. The number of hydrogen-bond donors (Lipinski definition) is 9. The first-order chi connectivity index (χ1) is 67.9. The van der Waals surface area contributed by atoms with E-state index in [9.17, 15) is 81.6 Å². The number of halogens is 17. The fourth-order valence-corrected chi connectivity index (χ4v) is 12.9. The predicted molar refractivity (Wildman–Crippen MR) is 528 cm³/mol. The molecule has 47 heteroatoms. The molecule has 0 saturated heterocycles. The number of ether oxygens (including phenoxy) is 5. The molecule has 11 N–H and O–H groups in total. The molecule has 27 nitrogen and oxygen atoms in total. The van der Waals surface area contributed by atoms with Gasteiger partial charge in [0.05, 0.1) is 78.4 Å².